The van der Waals surface area contributed by atoms with Crippen molar-refractivity contribution in [2.75, 3.05) is 5.32 Å². The van der Waals surface area contributed by atoms with Gasteiger partial charge in [0.2, 0.25) is 5.13 Å². The summed E-state index contributed by atoms with van der Waals surface area (Å²) in [5, 5.41) is 30.4. The first kappa shape index (κ1) is 28.4. The summed E-state index contributed by atoms with van der Waals surface area (Å²) >= 11 is 1.31. The molecule has 0 saturated carbocycles. The summed E-state index contributed by atoms with van der Waals surface area (Å²) in [7, 11) is 0. The summed E-state index contributed by atoms with van der Waals surface area (Å²) in [4.78, 5) is 11.0. The van der Waals surface area contributed by atoms with E-state index in [1.54, 1.807) is 30.3 Å². The Morgan fingerprint density at radius 3 is 2.38 bits per heavy atom. The second-order valence-corrected chi connectivity index (χ2v) is 10.0. The fourth-order valence-electron chi connectivity index (χ4n) is 3.85. The highest BCUT2D eigenvalue weighted by Gasteiger charge is 2.30. The van der Waals surface area contributed by atoms with E-state index < -0.39 is 17.7 Å². The fraction of sp³-hybridized carbons (Fsp3) is 0.100. The molecule has 5 aromatic rings. The van der Waals surface area contributed by atoms with E-state index in [4.69, 9.17) is 9.84 Å². The van der Waals surface area contributed by atoms with Crippen molar-refractivity contribution in [1.82, 2.24) is 10.2 Å². The molecule has 0 bridgehead atoms. The number of aromatic carboxylic acids is 1. The number of carboxylic acid groups (broad SMARTS) is 1. The van der Waals surface area contributed by atoms with Gasteiger partial charge >= 0.3 is 12.1 Å². The molecule has 12 heteroatoms. The highest BCUT2D eigenvalue weighted by molar-refractivity contribution is 7.18. The zero-order valence-corrected chi connectivity index (χ0v) is 22.7. The Bertz CT molecular complexity index is 1740. The molecule has 4 aromatic carbocycles. The third-order valence-corrected chi connectivity index (χ3v) is 6.87. The molecule has 0 radical (unpaired) electrons. The summed E-state index contributed by atoms with van der Waals surface area (Å²) < 4.78 is 44.8. The van der Waals surface area contributed by atoms with Gasteiger partial charge < -0.3 is 15.2 Å². The molecule has 8 nitrogen and oxygen atoms in total. The van der Waals surface area contributed by atoms with Crippen molar-refractivity contribution in [2.24, 2.45) is 10.2 Å². The number of rotatable bonds is 9. The van der Waals surface area contributed by atoms with Crippen LogP contribution in [0.1, 0.15) is 34.5 Å². The molecular weight excluding hydrogens is 567 g/mol. The normalized spacial score (nSPS) is 12.3. The zero-order valence-electron chi connectivity index (χ0n) is 21.9. The molecule has 0 aliphatic carbocycles. The number of alkyl halides is 3. The second kappa shape index (κ2) is 12.2. The number of azo groups is 1. The Hall–Kier alpha value is -5.10. The van der Waals surface area contributed by atoms with Gasteiger partial charge in [0, 0.05) is 11.3 Å². The molecule has 0 spiro atoms. The topological polar surface area (TPSA) is 109 Å². The predicted molar refractivity (Wildman–Crippen MR) is 153 cm³/mol. The second-order valence-electron chi connectivity index (χ2n) is 9.06. The maximum atomic E-state index is 13.0. The highest BCUT2D eigenvalue weighted by atomic mass is 32.1. The van der Waals surface area contributed by atoms with Gasteiger partial charge in [-0.3, -0.25) is 0 Å². The molecule has 42 heavy (non-hydrogen) atoms. The van der Waals surface area contributed by atoms with Crippen LogP contribution in [0.25, 0.3) is 10.6 Å². The summed E-state index contributed by atoms with van der Waals surface area (Å²) in [6, 6.07) is 25.0. The lowest BCUT2D eigenvalue weighted by Crippen LogP contribution is -2.04. The van der Waals surface area contributed by atoms with Crippen LogP contribution in [-0.4, -0.2) is 21.3 Å². The smallest absolute Gasteiger partial charge is 0.416 e. The number of nitrogens with one attached hydrogen (secondary N) is 1. The van der Waals surface area contributed by atoms with E-state index in [2.05, 4.69) is 25.7 Å². The highest BCUT2D eigenvalue weighted by Crippen LogP contribution is 2.35. The summed E-state index contributed by atoms with van der Waals surface area (Å²) in [6.07, 6.45) is -4.46. The van der Waals surface area contributed by atoms with Crippen molar-refractivity contribution >= 4 is 33.8 Å². The number of hydrogen-bond donors (Lipinski definition) is 2. The predicted octanol–water partition coefficient (Wildman–Crippen LogP) is 9.30. The Kier molecular flexibility index (Phi) is 8.25. The summed E-state index contributed by atoms with van der Waals surface area (Å²) in [6.45, 7) is 1.89. The quantitative estimate of drug-likeness (QED) is 0.166. The van der Waals surface area contributed by atoms with E-state index in [-0.39, 0.29) is 17.4 Å². The molecule has 1 aromatic heterocycles. The molecular formula is C30H22F3N5O3S. The van der Waals surface area contributed by atoms with Crippen molar-refractivity contribution in [3.8, 4) is 22.1 Å². The van der Waals surface area contributed by atoms with Crippen LogP contribution in [0.3, 0.4) is 0 Å². The third-order valence-electron chi connectivity index (χ3n) is 5.98. The number of carbonyl (C=O) groups is 1. The van der Waals surface area contributed by atoms with E-state index in [9.17, 15) is 18.0 Å². The van der Waals surface area contributed by atoms with Crippen molar-refractivity contribution in [3.63, 3.8) is 0 Å². The minimum Gasteiger partial charge on any atom is -0.478 e. The van der Waals surface area contributed by atoms with Gasteiger partial charge in [0.25, 0.3) is 0 Å². The summed E-state index contributed by atoms with van der Waals surface area (Å²) in [5.41, 5.74) is 2.30. The SMILES string of the molecule is CC(N=Nc1ccc(C(=O)O)cc1)c1cccc(Nc2nnc(-c3cccc(Oc4cccc(C(F)(F)F)c4)c3)s2)c1. The molecule has 5 rings (SSSR count). The van der Waals surface area contributed by atoms with Gasteiger partial charge in [0.15, 0.2) is 0 Å². The first-order chi connectivity index (χ1) is 20.1. The van der Waals surface area contributed by atoms with Crippen LogP contribution in [0.2, 0.25) is 0 Å². The van der Waals surface area contributed by atoms with E-state index in [1.165, 1.54) is 35.6 Å². The lowest BCUT2D eigenvalue weighted by Gasteiger charge is -2.10. The maximum absolute atomic E-state index is 13.0. The number of carboxylic acids is 1. The number of nitrogens with zero attached hydrogens (tertiary/aromatic N) is 4. The molecule has 212 valence electrons. The van der Waals surface area contributed by atoms with Gasteiger partial charge in [-0.15, -0.1) is 10.2 Å². The average molecular weight is 590 g/mol. The third kappa shape index (κ3) is 7.15. The van der Waals surface area contributed by atoms with E-state index >= 15 is 0 Å². The van der Waals surface area contributed by atoms with Gasteiger partial charge in [0.1, 0.15) is 16.5 Å². The van der Waals surface area contributed by atoms with E-state index in [0.29, 0.717) is 27.1 Å². The van der Waals surface area contributed by atoms with Gasteiger partial charge in [-0.05, 0) is 79.2 Å². The molecule has 0 fully saturated rings. The Balaban J connectivity index is 1.25. The molecule has 0 aliphatic rings. The largest absolute Gasteiger partial charge is 0.478 e. The number of ether oxygens (including phenoxy) is 1. The fourth-order valence-corrected chi connectivity index (χ4v) is 4.61. The van der Waals surface area contributed by atoms with Crippen LogP contribution in [0.15, 0.2) is 107 Å². The molecule has 2 N–H and O–H groups in total. The Labute approximate surface area is 242 Å². The standard InChI is InChI=1S/C30H22F3N5O3S/c1-18(35-36-23-13-11-19(12-14-23)28(39)40)20-5-2-8-24(15-20)34-29-38-37-27(42-29)21-6-3-9-25(16-21)41-26-10-4-7-22(17-26)30(31,32)33/h2-18H,1H3,(H,34,38)(H,39,40). The number of anilines is 2. The van der Waals surface area contributed by atoms with Crippen molar-refractivity contribution in [1.29, 1.82) is 0 Å². The summed E-state index contributed by atoms with van der Waals surface area (Å²) in [5.74, 6) is -0.563. The minimum atomic E-state index is -4.46. The van der Waals surface area contributed by atoms with Crippen LogP contribution in [0, 0.1) is 0 Å². The molecule has 0 amide bonds. The van der Waals surface area contributed by atoms with Gasteiger partial charge in [-0.2, -0.15) is 23.4 Å². The molecule has 1 unspecified atom stereocenters. The van der Waals surface area contributed by atoms with Crippen LogP contribution < -0.4 is 10.1 Å². The van der Waals surface area contributed by atoms with Gasteiger partial charge in [-0.1, -0.05) is 41.7 Å². The lowest BCUT2D eigenvalue weighted by molar-refractivity contribution is -0.137. The van der Waals surface area contributed by atoms with Crippen LogP contribution in [-0.2, 0) is 6.18 Å². The molecule has 1 atom stereocenters. The number of aromatic nitrogens is 2. The maximum Gasteiger partial charge on any atom is 0.416 e. The van der Waals surface area contributed by atoms with Gasteiger partial charge in [-0.25, -0.2) is 4.79 Å². The Morgan fingerprint density at radius 1 is 0.929 bits per heavy atom. The number of halogens is 3. The molecule has 0 saturated heterocycles. The van der Waals surface area contributed by atoms with Crippen molar-refractivity contribution in [2.45, 2.75) is 19.1 Å². The molecule has 1 heterocycles. The average Bonchev–Trinajstić information content (AvgIpc) is 3.44. The number of benzene rings is 4. The van der Waals surface area contributed by atoms with Crippen LogP contribution in [0.5, 0.6) is 11.5 Å². The van der Waals surface area contributed by atoms with Crippen LogP contribution >= 0.6 is 11.3 Å². The Morgan fingerprint density at radius 2 is 1.64 bits per heavy atom. The van der Waals surface area contributed by atoms with Gasteiger partial charge in [0.05, 0.1) is 22.9 Å². The van der Waals surface area contributed by atoms with E-state index in [0.717, 1.165) is 23.4 Å². The van der Waals surface area contributed by atoms with Crippen molar-refractivity contribution in [3.05, 3.63) is 114 Å². The number of hydrogen-bond acceptors (Lipinski definition) is 8. The van der Waals surface area contributed by atoms with Crippen LogP contribution in [0.4, 0.5) is 29.7 Å². The van der Waals surface area contributed by atoms with Crippen molar-refractivity contribution < 1.29 is 27.8 Å². The van der Waals surface area contributed by atoms with E-state index in [1.807, 2.05) is 37.3 Å². The zero-order chi connectivity index (χ0) is 29.7. The minimum absolute atomic E-state index is 0.0753. The lowest BCUT2D eigenvalue weighted by atomic mass is 10.1. The molecule has 0 aliphatic heterocycles. The first-order valence-electron chi connectivity index (χ1n) is 12.5. The monoisotopic (exact) mass is 589 g/mol. The first-order valence-corrected chi connectivity index (χ1v) is 13.4.